The summed E-state index contributed by atoms with van der Waals surface area (Å²) in [5.41, 5.74) is 0.749. The van der Waals surface area contributed by atoms with E-state index in [1.165, 1.54) is 17.0 Å². The summed E-state index contributed by atoms with van der Waals surface area (Å²) < 4.78 is 39.9. The van der Waals surface area contributed by atoms with Crippen molar-refractivity contribution in [3.05, 3.63) is 35.6 Å². The Hall–Kier alpha value is -1.76. The zero-order valence-corrected chi connectivity index (χ0v) is 12.1. The Bertz CT molecular complexity index is 525. The van der Waals surface area contributed by atoms with E-state index in [0.29, 0.717) is 13.0 Å². The van der Waals surface area contributed by atoms with Crippen molar-refractivity contribution < 1.29 is 23.1 Å². The van der Waals surface area contributed by atoms with Gasteiger partial charge in [-0.15, -0.1) is 0 Å². The second kappa shape index (κ2) is 7.00. The van der Waals surface area contributed by atoms with Crippen LogP contribution < -0.4 is 5.32 Å². The van der Waals surface area contributed by atoms with E-state index < -0.39 is 30.9 Å². The molecule has 1 aromatic carbocycles. The highest BCUT2D eigenvalue weighted by Gasteiger charge is 2.44. The highest BCUT2D eigenvalue weighted by Crippen LogP contribution is 2.32. The Labute approximate surface area is 126 Å². The second-order valence-corrected chi connectivity index (χ2v) is 5.45. The summed E-state index contributed by atoms with van der Waals surface area (Å²) in [6.45, 7) is -0.580. The van der Waals surface area contributed by atoms with Crippen molar-refractivity contribution in [2.24, 2.45) is 5.92 Å². The Balaban J connectivity index is 1.80. The highest BCUT2D eigenvalue weighted by atomic mass is 19.3. The third kappa shape index (κ3) is 4.13. The van der Waals surface area contributed by atoms with Crippen molar-refractivity contribution in [2.45, 2.75) is 18.8 Å². The van der Waals surface area contributed by atoms with Crippen LogP contribution in [0.2, 0.25) is 0 Å². The molecule has 122 valence electrons. The van der Waals surface area contributed by atoms with Crippen LogP contribution in [-0.4, -0.2) is 48.2 Å². The molecule has 1 aliphatic rings. The number of nitrogens with one attached hydrogen (secondary N) is 1. The van der Waals surface area contributed by atoms with Crippen molar-refractivity contribution in [2.75, 3.05) is 26.2 Å². The lowest BCUT2D eigenvalue weighted by Crippen LogP contribution is -2.53. The minimum absolute atomic E-state index is 0.0463. The molecule has 1 saturated heterocycles. The molecule has 1 aliphatic heterocycles. The van der Waals surface area contributed by atoms with Crippen LogP contribution in [-0.2, 0) is 6.42 Å². The van der Waals surface area contributed by atoms with Gasteiger partial charge in [-0.3, -0.25) is 0 Å². The number of aliphatic hydroxyl groups excluding tert-OH is 1. The van der Waals surface area contributed by atoms with Gasteiger partial charge in [0.15, 0.2) is 0 Å². The summed E-state index contributed by atoms with van der Waals surface area (Å²) in [5, 5.41) is 11.6. The van der Waals surface area contributed by atoms with Crippen LogP contribution in [0.3, 0.4) is 0 Å². The molecule has 22 heavy (non-hydrogen) atoms. The van der Waals surface area contributed by atoms with Gasteiger partial charge in [0.1, 0.15) is 5.82 Å². The fourth-order valence-electron chi connectivity index (χ4n) is 2.47. The first kappa shape index (κ1) is 16.6. The quantitative estimate of drug-likeness (QED) is 0.893. The molecule has 1 unspecified atom stereocenters. The highest BCUT2D eigenvalue weighted by molar-refractivity contribution is 5.74. The number of amides is 2. The summed E-state index contributed by atoms with van der Waals surface area (Å²) in [5.74, 6) is -4.50. The standard InChI is InChI=1S/C15H19F3N2O2/c16-13-3-1-2-11(8-13)4-6-19-14(22)20-7-5-15(17,18)12(9-20)10-21/h1-3,8,12,21H,4-7,9-10H2,(H,19,22). The number of alkyl halides is 2. The number of urea groups is 1. The Morgan fingerprint density at radius 3 is 2.91 bits per heavy atom. The van der Waals surface area contributed by atoms with Crippen LogP contribution in [0.15, 0.2) is 24.3 Å². The first-order valence-electron chi connectivity index (χ1n) is 7.18. The number of benzene rings is 1. The molecule has 7 heteroatoms. The molecule has 1 heterocycles. The minimum atomic E-state index is -2.94. The number of rotatable bonds is 4. The van der Waals surface area contributed by atoms with E-state index >= 15 is 0 Å². The zero-order valence-electron chi connectivity index (χ0n) is 12.1. The van der Waals surface area contributed by atoms with E-state index in [4.69, 9.17) is 5.11 Å². The monoisotopic (exact) mass is 316 g/mol. The number of carbonyl (C=O) groups excluding carboxylic acids is 1. The summed E-state index contributed by atoms with van der Waals surface area (Å²) in [6.07, 6.45) is 0.00642. The van der Waals surface area contributed by atoms with Gasteiger partial charge in [-0.05, 0) is 24.1 Å². The molecule has 1 atom stereocenters. The van der Waals surface area contributed by atoms with Gasteiger partial charge in [0, 0.05) is 26.1 Å². The number of hydrogen-bond donors (Lipinski definition) is 2. The molecule has 0 radical (unpaired) electrons. The largest absolute Gasteiger partial charge is 0.396 e. The summed E-state index contributed by atoms with van der Waals surface area (Å²) in [6, 6.07) is 5.62. The van der Waals surface area contributed by atoms with E-state index in [1.807, 2.05) is 0 Å². The van der Waals surface area contributed by atoms with Crippen molar-refractivity contribution >= 4 is 6.03 Å². The molecule has 0 aliphatic carbocycles. The van der Waals surface area contributed by atoms with Gasteiger partial charge in [-0.25, -0.2) is 18.0 Å². The number of aliphatic hydroxyl groups is 1. The lowest BCUT2D eigenvalue weighted by atomic mass is 9.94. The Morgan fingerprint density at radius 1 is 1.45 bits per heavy atom. The van der Waals surface area contributed by atoms with Crippen molar-refractivity contribution in [3.8, 4) is 0 Å². The Morgan fingerprint density at radius 2 is 2.23 bits per heavy atom. The van der Waals surface area contributed by atoms with Gasteiger partial charge in [0.2, 0.25) is 0 Å². The predicted molar refractivity (Wildman–Crippen MR) is 75.2 cm³/mol. The molecular formula is C15H19F3N2O2. The number of nitrogens with zero attached hydrogens (tertiary/aromatic N) is 1. The molecule has 2 N–H and O–H groups in total. The molecule has 0 spiro atoms. The second-order valence-electron chi connectivity index (χ2n) is 5.45. The van der Waals surface area contributed by atoms with Crippen LogP contribution in [0.1, 0.15) is 12.0 Å². The van der Waals surface area contributed by atoms with Crippen molar-refractivity contribution in [1.82, 2.24) is 10.2 Å². The number of hydrogen-bond acceptors (Lipinski definition) is 2. The summed E-state index contributed by atoms with van der Waals surface area (Å²) >= 11 is 0. The minimum Gasteiger partial charge on any atom is -0.396 e. The lowest BCUT2D eigenvalue weighted by Gasteiger charge is -2.37. The van der Waals surface area contributed by atoms with Gasteiger partial charge in [0.25, 0.3) is 5.92 Å². The molecule has 4 nitrogen and oxygen atoms in total. The molecule has 0 saturated carbocycles. The summed E-state index contributed by atoms with van der Waals surface area (Å²) in [7, 11) is 0. The number of piperidine rings is 1. The fraction of sp³-hybridized carbons (Fsp3) is 0.533. The fourth-order valence-corrected chi connectivity index (χ4v) is 2.47. The van der Waals surface area contributed by atoms with Crippen molar-refractivity contribution in [1.29, 1.82) is 0 Å². The van der Waals surface area contributed by atoms with E-state index in [-0.39, 0.29) is 18.9 Å². The lowest BCUT2D eigenvalue weighted by molar-refractivity contribution is -0.112. The maximum Gasteiger partial charge on any atom is 0.317 e. The van der Waals surface area contributed by atoms with Gasteiger partial charge in [0.05, 0.1) is 12.5 Å². The number of carbonyl (C=O) groups is 1. The molecule has 1 fully saturated rings. The van der Waals surface area contributed by atoms with E-state index in [0.717, 1.165) is 5.56 Å². The zero-order chi connectivity index (χ0) is 16.2. The van der Waals surface area contributed by atoms with Gasteiger partial charge < -0.3 is 15.3 Å². The van der Waals surface area contributed by atoms with E-state index in [1.54, 1.807) is 12.1 Å². The summed E-state index contributed by atoms with van der Waals surface area (Å²) in [4.78, 5) is 13.2. The Kier molecular flexibility index (Phi) is 5.28. The average molecular weight is 316 g/mol. The van der Waals surface area contributed by atoms with Crippen molar-refractivity contribution in [3.63, 3.8) is 0 Å². The molecule has 0 aromatic heterocycles. The molecular weight excluding hydrogens is 297 g/mol. The van der Waals surface area contributed by atoms with Gasteiger partial charge in [-0.1, -0.05) is 12.1 Å². The van der Waals surface area contributed by atoms with Gasteiger partial charge in [-0.2, -0.15) is 0 Å². The van der Waals surface area contributed by atoms with E-state index in [9.17, 15) is 18.0 Å². The third-order valence-corrected chi connectivity index (χ3v) is 3.84. The normalized spacial score (nSPS) is 20.7. The topological polar surface area (TPSA) is 52.6 Å². The number of halogens is 3. The third-order valence-electron chi connectivity index (χ3n) is 3.84. The smallest absolute Gasteiger partial charge is 0.317 e. The average Bonchev–Trinajstić information content (AvgIpc) is 2.47. The predicted octanol–water partition coefficient (Wildman–Crippen LogP) is 2.03. The van der Waals surface area contributed by atoms with Gasteiger partial charge >= 0.3 is 6.03 Å². The maximum atomic E-state index is 13.5. The number of likely N-dealkylation sites (tertiary alicyclic amines) is 1. The molecule has 2 amide bonds. The van der Waals surface area contributed by atoms with Crippen LogP contribution in [0, 0.1) is 11.7 Å². The first-order chi connectivity index (χ1) is 10.4. The van der Waals surface area contributed by atoms with E-state index in [2.05, 4.69) is 5.32 Å². The van der Waals surface area contributed by atoms with Crippen LogP contribution in [0.25, 0.3) is 0 Å². The SMILES string of the molecule is O=C(NCCc1cccc(F)c1)N1CCC(F)(F)C(CO)C1. The van der Waals surface area contributed by atoms with Crippen LogP contribution in [0.5, 0.6) is 0 Å². The molecule has 0 bridgehead atoms. The first-order valence-corrected chi connectivity index (χ1v) is 7.18. The van der Waals surface area contributed by atoms with Crippen LogP contribution >= 0.6 is 0 Å². The molecule has 1 aromatic rings. The molecule has 2 rings (SSSR count). The maximum absolute atomic E-state index is 13.5. The van der Waals surface area contributed by atoms with Crippen LogP contribution in [0.4, 0.5) is 18.0 Å².